The van der Waals surface area contributed by atoms with Crippen LogP contribution in [0.2, 0.25) is 0 Å². The Morgan fingerprint density at radius 2 is 1.40 bits per heavy atom. The Hall–Kier alpha value is -6.29. The fourth-order valence-corrected chi connectivity index (χ4v) is 7.43. The van der Waals surface area contributed by atoms with Gasteiger partial charge in [-0.25, -0.2) is 4.98 Å². The molecule has 1 heterocycles. The Bertz CT molecular complexity index is 2430. The molecular formula is C44H34N4O3S2. The fourth-order valence-electron chi connectivity index (χ4n) is 5.68. The summed E-state index contributed by atoms with van der Waals surface area (Å²) in [5.41, 5.74) is 5.49. The number of amides is 3. The Kier molecular flexibility index (Phi) is 10.9. The molecule has 7 aromatic rings. The van der Waals surface area contributed by atoms with Gasteiger partial charge >= 0.3 is 0 Å². The van der Waals surface area contributed by atoms with Crippen LogP contribution in [0, 0.1) is 6.92 Å². The highest BCUT2D eigenvalue weighted by atomic mass is 32.2. The molecule has 7 nitrogen and oxygen atoms in total. The van der Waals surface area contributed by atoms with Crippen LogP contribution in [0.4, 0.5) is 10.8 Å². The number of hydrogen-bond acceptors (Lipinski definition) is 6. The minimum absolute atomic E-state index is 0.110. The van der Waals surface area contributed by atoms with Gasteiger partial charge in [0.15, 0.2) is 5.13 Å². The molecule has 0 spiro atoms. The first-order chi connectivity index (χ1) is 25.9. The standard InChI is InChI=1S/C44H34N4O3S2/c1-29-12-8-9-18-33(29)27-38(46-41(49)32-16-6-3-7-17-32)42(50)45-36-22-24-37(25-23-36)53-40(31-14-4-2-5-15-31)43(51)48-44-47-39(28-52-44)35-21-20-30-13-10-11-19-34(30)26-35/h2-28,40H,1H3,(H,45,50)(H,46,49)(H,47,48,51)/b38-27-. The van der Waals surface area contributed by atoms with Gasteiger partial charge in [0.25, 0.3) is 11.8 Å². The van der Waals surface area contributed by atoms with E-state index in [4.69, 9.17) is 4.98 Å². The van der Waals surface area contributed by atoms with Gasteiger partial charge in [-0.15, -0.1) is 23.1 Å². The van der Waals surface area contributed by atoms with E-state index in [1.165, 1.54) is 23.1 Å². The van der Waals surface area contributed by atoms with Gasteiger partial charge in [0, 0.05) is 27.1 Å². The summed E-state index contributed by atoms with van der Waals surface area (Å²) in [6.07, 6.45) is 1.67. The number of thiazole rings is 1. The predicted molar refractivity (Wildman–Crippen MR) is 217 cm³/mol. The van der Waals surface area contributed by atoms with Gasteiger partial charge in [-0.05, 0) is 82.9 Å². The summed E-state index contributed by atoms with van der Waals surface area (Å²) in [7, 11) is 0. The molecule has 0 saturated heterocycles. The minimum atomic E-state index is -0.568. The number of aromatic nitrogens is 1. The molecular weight excluding hydrogens is 697 g/mol. The van der Waals surface area contributed by atoms with Crippen LogP contribution in [0.3, 0.4) is 0 Å². The van der Waals surface area contributed by atoms with Gasteiger partial charge in [-0.2, -0.15) is 0 Å². The van der Waals surface area contributed by atoms with Gasteiger partial charge in [0.1, 0.15) is 10.9 Å². The van der Waals surface area contributed by atoms with Crippen LogP contribution in [0.25, 0.3) is 28.1 Å². The molecule has 53 heavy (non-hydrogen) atoms. The number of anilines is 2. The minimum Gasteiger partial charge on any atom is -0.321 e. The normalized spacial score (nSPS) is 11.8. The molecule has 0 aliphatic carbocycles. The van der Waals surface area contributed by atoms with Gasteiger partial charge in [-0.3, -0.25) is 14.4 Å². The van der Waals surface area contributed by atoms with Crippen LogP contribution in [0.5, 0.6) is 0 Å². The fraction of sp³-hybridized carbons (Fsp3) is 0.0455. The summed E-state index contributed by atoms with van der Waals surface area (Å²) in [6, 6.07) is 47.7. The SMILES string of the molecule is Cc1ccccc1/C=C(\NC(=O)c1ccccc1)C(=O)Nc1ccc(SC(C(=O)Nc2nc(-c3ccc4ccccc4c3)cs2)c2ccccc2)cc1. The molecule has 3 N–H and O–H groups in total. The quantitative estimate of drug-likeness (QED) is 0.0909. The maximum Gasteiger partial charge on any atom is 0.272 e. The Balaban J connectivity index is 1.06. The van der Waals surface area contributed by atoms with Gasteiger partial charge in [0.05, 0.1) is 5.69 Å². The zero-order valence-corrected chi connectivity index (χ0v) is 30.3. The number of thioether (sulfide) groups is 1. The van der Waals surface area contributed by atoms with E-state index in [-0.39, 0.29) is 17.5 Å². The molecule has 0 fully saturated rings. The third-order valence-electron chi connectivity index (χ3n) is 8.50. The van der Waals surface area contributed by atoms with Crippen molar-refractivity contribution in [3.63, 3.8) is 0 Å². The molecule has 0 aliphatic rings. The second-order valence-electron chi connectivity index (χ2n) is 12.2. The number of aryl methyl sites for hydroxylation is 1. The van der Waals surface area contributed by atoms with Crippen molar-refractivity contribution in [2.45, 2.75) is 17.1 Å². The Morgan fingerprint density at radius 3 is 2.15 bits per heavy atom. The summed E-state index contributed by atoms with van der Waals surface area (Å²) >= 11 is 2.79. The number of carbonyl (C=O) groups excluding carboxylic acids is 3. The van der Waals surface area contributed by atoms with Crippen LogP contribution in [0.15, 0.2) is 168 Å². The molecule has 3 amide bonds. The maximum absolute atomic E-state index is 13.8. The molecule has 0 saturated carbocycles. The smallest absolute Gasteiger partial charge is 0.272 e. The van der Waals surface area contributed by atoms with Gasteiger partial charge in [-0.1, -0.05) is 109 Å². The van der Waals surface area contributed by atoms with Crippen molar-refractivity contribution in [2.75, 3.05) is 10.6 Å². The largest absolute Gasteiger partial charge is 0.321 e. The molecule has 1 atom stereocenters. The molecule has 6 aromatic carbocycles. The molecule has 1 unspecified atom stereocenters. The number of hydrogen-bond donors (Lipinski definition) is 3. The lowest BCUT2D eigenvalue weighted by molar-refractivity contribution is -0.116. The number of carbonyl (C=O) groups is 3. The average molecular weight is 731 g/mol. The molecule has 0 aliphatic heterocycles. The van der Waals surface area contributed by atoms with Crippen molar-refractivity contribution in [1.29, 1.82) is 0 Å². The summed E-state index contributed by atoms with van der Waals surface area (Å²) in [5.74, 6) is -1.05. The Morgan fingerprint density at radius 1 is 0.717 bits per heavy atom. The molecule has 260 valence electrons. The van der Waals surface area contributed by atoms with E-state index in [2.05, 4.69) is 40.2 Å². The molecule has 9 heteroatoms. The highest BCUT2D eigenvalue weighted by Crippen LogP contribution is 2.37. The summed E-state index contributed by atoms with van der Waals surface area (Å²) in [6.45, 7) is 1.94. The Labute approximate surface area is 315 Å². The highest BCUT2D eigenvalue weighted by Gasteiger charge is 2.24. The van der Waals surface area contributed by atoms with Gasteiger partial charge < -0.3 is 16.0 Å². The third-order valence-corrected chi connectivity index (χ3v) is 10.5. The number of benzene rings is 6. The lowest BCUT2D eigenvalue weighted by Gasteiger charge is -2.17. The first-order valence-electron chi connectivity index (χ1n) is 16.9. The van der Waals surface area contributed by atoms with Crippen LogP contribution in [0.1, 0.15) is 32.3 Å². The van der Waals surface area contributed by atoms with Gasteiger partial charge in [0.2, 0.25) is 5.91 Å². The van der Waals surface area contributed by atoms with Crippen LogP contribution in [-0.2, 0) is 9.59 Å². The molecule has 0 radical (unpaired) electrons. The van der Waals surface area contributed by atoms with Crippen LogP contribution >= 0.6 is 23.1 Å². The van der Waals surface area contributed by atoms with Crippen molar-refractivity contribution in [3.05, 3.63) is 185 Å². The number of nitrogens with zero attached hydrogens (tertiary/aromatic N) is 1. The first kappa shape index (κ1) is 35.1. The van der Waals surface area contributed by atoms with Crippen molar-refractivity contribution in [1.82, 2.24) is 10.3 Å². The van der Waals surface area contributed by atoms with Crippen molar-refractivity contribution in [2.24, 2.45) is 0 Å². The molecule has 7 rings (SSSR count). The lowest BCUT2D eigenvalue weighted by Crippen LogP contribution is -2.30. The van der Waals surface area contributed by atoms with Crippen molar-refractivity contribution < 1.29 is 14.4 Å². The third kappa shape index (κ3) is 8.78. The summed E-state index contributed by atoms with van der Waals surface area (Å²) < 4.78 is 0. The molecule has 1 aromatic heterocycles. The van der Waals surface area contributed by atoms with Crippen molar-refractivity contribution in [3.8, 4) is 11.3 Å². The second-order valence-corrected chi connectivity index (χ2v) is 14.2. The van der Waals surface area contributed by atoms with E-state index >= 15 is 0 Å². The second kappa shape index (κ2) is 16.4. The number of rotatable bonds is 11. The number of nitrogens with one attached hydrogen (secondary N) is 3. The van der Waals surface area contributed by atoms with E-state index in [0.717, 1.165) is 43.6 Å². The van der Waals surface area contributed by atoms with Crippen molar-refractivity contribution >= 4 is 68.5 Å². The van der Waals surface area contributed by atoms with E-state index in [9.17, 15) is 14.4 Å². The average Bonchev–Trinajstić information content (AvgIpc) is 3.67. The monoisotopic (exact) mass is 730 g/mol. The highest BCUT2D eigenvalue weighted by molar-refractivity contribution is 8.00. The predicted octanol–water partition coefficient (Wildman–Crippen LogP) is 10.2. The maximum atomic E-state index is 13.8. The van der Waals surface area contributed by atoms with Crippen LogP contribution in [-0.4, -0.2) is 22.7 Å². The van der Waals surface area contributed by atoms with Crippen LogP contribution < -0.4 is 16.0 Å². The zero-order valence-electron chi connectivity index (χ0n) is 28.7. The van der Waals surface area contributed by atoms with E-state index < -0.39 is 11.2 Å². The topological polar surface area (TPSA) is 100 Å². The van der Waals surface area contributed by atoms with E-state index in [0.29, 0.717) is 16.4 Å². The molecule has 0 bridgehead atoms. The van der Waals surface area contributed by atoms with E-state index in [1.54, 1.807) is 42.5 Å². The zero-order chi connectivity index (χ0) is 36.6. The number of fused-ring (bicyclic) bond motifs is 1. The summed E-state index contributed by atoms with van der Waals surface area (Å²) in [5, 5.41) is 12.9. The first-order valence-corrected chi connectivity index (χ1v) is 18.7. The lowest BCUT2D eigenvalue weighted by atomic mass is 10.1. The summed E-state index contributed by atoms with van der Waals surface area (Å²) in [4.78, 5) is 46.1. The van der Waals surface area contributed by atoms with E-state index in [1.807, 2.05) is 103 Å².